The van der Waals surface area contributed by atoms with E-state index in [4.69, 9.17) is 10.6 Å². The number of hydrazine groups is 1. The van der Waals surface area contributed by atoms with Crippen LogP contribution in [-0.2, 0) is 4.74 Å². The molecule has 0 amide bonds. The van der Waals surface area contributed by atoms with Gasteiger partial charge in [-0.3, -0.25) is 10.4 Å². The summed E-state index contributed by atoms with van der Waals surface area (Å²) in [6.07, 6.45) is 3.64. The van der Waals surface area contributed by atoms with Gasteiger partial charge in [0, 0.05) is 32.8 Å². The first-order chi connectivity index (χ1) is 9.76. The minimum atomic E-state index is 0.557. The third kappa shape index (κ3) is 7.67. The van der Waals surface area contributed by atoms with E-state index >= 15 is 0 Å². The van der Waals surface area contributed by atoms with Crippen LogP contribution >= 0.6 is 0 Å². The Balaban J connectivity index is 2.15. The van der Waals surface area contributed by atoms with Crippen LogP contribution in [0.3, 0.4) is 0 Å². The molecule has 0 spiro atoms. The smallest absolute Gasteiger partial charge is 0.205 e. The predicted molar refractivity (Wildman–Crippen MR) is 83.6 cm³/mol. The maximum Gasteiger partial charge on any atom is 0.205 e. The van der Waals surface area contributed by atoms with E-state index in [-0.39, 0.29) is 0 Å². The molecule has 0 saturated carbocycles. The fourth-order valence-corrected chi connectivity index (χ4v) is 2.39. The van der Waals surface area contributed by atoms with Crippen LogP contribution in [0.2, 0.25) is 0 Å². The molecule has 0 aliphatic carbocycles. The Hall–Kier alpha value is -0.850. The highest BCUT2D eigenvalue weighted by Gasteiger charge is 2.14. The van der Waals surface area contributed by atoms with Crippen LogP contribution in [0.4, 0.5) is 0 Å². The Kier molecular flexibility index (Phi) is 9.36. The third-order valence-corrected chi connectivity index (χ3v) is 3.43. The molecule has 0 aromatic rings. The molecule has 6 nitrogen and oxygen atoms in total. The predicted octanol–water partition coefficient (Wildman–Crippen LogP) is 0.554. The van der Waals surface area contributed by atoms with E-state index in [1.807, 2.05) is 6.92 Å². The molecule has 20 heavy (non-hydrogen) atoms. The lowest BCUT2D eigenvalue weighted by molar-refractivity contribution is 0.145. The topological polar surface area (TPSA) is 74.9 Å². The molecule has 0 aromatic heterocycles. The van der Waals surface area contributed by atoms with Crippen molar-refractivity contribution in [2.24, 2.45) is 16.8 Å². The summed E-state index contributed by atoms with van der Waals surface area (Å²) in [6, 6.07) is 0. The molecule has 1 saturated heterocycles. The van der Waals surface area contributed by atoms with Crippen LogP contribution in [0, 0.1) is 5.92 Å². The van der Waals surface area contributed by atoms with Crippen molar-refractivity contribution in [3.8, 4) is 0 Å². The van der Waals surface area contributed by atoms with E-state index in [2.05, 4.69) is 27.6 Å². The zero-order chi connectivity index (χ0) is 14.6. The summed E-state index contributed by atoms with van der Waals surface area (Å²) >= 11 is 0. The van der Waals surface area contributed by atoms with Gasteiger partial charge in [-0.25, -0.2) is 5.84 Å². The lowest BCUT2D eigenvalue weighted by Crippen LogP contribution is -2.42. The fourth-order valence-electron chi connectivity index (χ4n) is 2.39. The van der Waals surface area contributed by atoms with Crippen molar-refractivity contribution in [2.75, 3.05) is 45.9 Å². The van der Waals surface area contributed by atoms with E-state index in [9.17, 15) is 0 Å². The van der Waals surface area contributed by atoms with Gasteiger partial charge in [-0.05, 0) is 45.2 Å². The van der Waals surface area contributed by atoms with Crippen molar-refractivity contribution in [3.63, 3.8) is 0 Å². The Labute approximate surface area is 123 Å². The van der Waals surface area contributed by atoms with Crippen molar-refractivity contribution >= 4 is 5.96 Å². The van der Waals surface area contributed by atoms with Gasteiger partial charge >= 0.3 is 0 Å². The molecule has 1 unspecified atom stereocenters. The number of aliphatic imine (C=N–C) groups is 1. The zero-order valence-electron chi connectivity index (χ0n) is 13.0. The van der Waals surface area contributed by atoms with E-state index in [0.29, 0.717) is 11.9 Å². The normalized spacial score (nSPS) is 18.2. The van der Waals surface area contributed by atoms with E-state index < -0.39 is 0 Å². The first kappa shape index (κ1) is 17.2. The van der Waals surface area contributed by atoms with Crippen molar-refractivity contribution in [2.45, 2.75) is 33.1 Å². The second kappa shape index (κ2) is 10.9. The Morgan fingerprint density at radius 3 is 2.80 bits per heavy atom. The first-order valence-corrected chi connectivity index (χ1v) is 7.81. The van der Waals surface area contributed by atoms with Gasteiger partial charge in [0.05, 0.1) is 0 Å². The van der Waals surface area contributed by atoms with Crippen LogP contribution in [0.25, 0.3) is 0 Å². The van der Waals surface area contributed by atoms with Gasteiger partial charge in [0.1, 0.15) is 0 Å². The van der Waals surface area contributed by atoms with E-state index in [1.54, 1.807) is 0 Å². The van der Waals surface area contributed by atoms with Crippen LogP contribution in [0.15, 0.2) is 4.99 Å². The van der Waals surface area contributed by atoms with Gasteiger partial charge < -0.3 is 15.0 Å². The molecule has 1 aliphatic rings. The summed E-state index contributed by atoms with van der Waals surface area (Å²) in [6.45, 7) is 11.0. The van der Waals surface area contributed by atoms with Crippen LogP contribution < -0.4 is 16.6 Å². The molecule has 0 bridgehead atoms. The quantitative estimate of drug-likeness (QED) is 0.190. The van der Waals surface area contributed by atoms with E-state index in [0.717, 1.165) is 39.3 Å². The van der Waals surface area contributed by atoms with Gasteiger partial charge in [0.25, 0.3) is 0 Å². The largest absolute Gasteiger partial charge is 0.382 e. The van der Waals surface area contributed by atoms with Crippen LogP contribution in [-0.4, -0.2) is 56.8 Å². The maximum absolute atomic E-state index is 5.48. The van der Waals surface area contributed by atoms with Crippen LogP contribution in [0.1, 0.15) is 33.1 Å². The molecule has 6 heteroatoms. The summed E-state index contributed by atoms with van der Waals surface area (Å²) in [5.41, 5.74) is 2.63. The zero-order valence-corrected chi connectivity index (χ0v) is 13.0. The first-order valence-electron chi connectivity index (χ1n) is 7.81. The van der Waals surface area contributed by atoms with E-state index in [1.165, 1.54) is 25.9 Å². The van der Waals surface area contributed by atoms with Gasteiger partial charge in [-0.15, -0.1) is 0 Å². The summed E-state index contributed by atoms with van der Waals surface area (Å²) in [5, 5.41) is 3.20. The number of likely N-dealkylation sites (tertiary alicyclic amines) is 1. The molecule has 0 aromatic carbocycles. The molecule has 0 radical (unpaired) electrons. The maximum atomic E-state index is 5.48. The average molecular weight is 285 g/mol. The highest BCUT2D eigenvalue weighted by molar-refractivity contribution is 5.79. The Morgan fingerprint density at radius 2 is 2.15 bits per heavy atom. The number of nitrogens with two attached hydrogens (primary N) is 1. The average Bonchev–Trinajstić information content (AvgIpc) is 2.94. The Morgan fingerprint density at radius 1 is 1.40 bits per heavy atom. The van der Waals surface area contributed by atoms with Gasteiger partial charge in [0.2, 0.25) is 5.96 Å². The highest BCUT2D eigenvalue weighted by Crippen LogP contribution is 2.10. The SMILES string of the molecule is CCOCCCNC(=NCC(C)CN1CCCC1)NN. The Bertz CT molecular complexity index is 266. The fraction of sp³-hybridized carbons (Fsp3) is 0.929. The van der Waals surface area contributed by atoms with Gasteiger partial charge in [-0.1, -0.05) is 6.92 Å². The second-order valence-electron chi connectivity index (χ2n) is 5.42. The highest BCUT2D eigenvalue weighted by atomic mass is 16.5. The van der Waals surface area contributed by atoms with Gasteiger partial charge in [0.15, 0.2) is 0 Å². The number of nitrogens with zero attached hydrogens (tertiary/aromatic N) is 2. The van der Waals surface area contributed by atoms with Crippen LogP contribution in [0.5, 0.6) is 0 Å². The lowest BCUT2D eigenvalue weighted by Gasteiger charge is -2.19. The molecule has 118 valence electrons. The van der Waals surface area contributed by atoms with Crippen molar-refractivity contribution in [3.05, 3.63) is 0 Å². The van der Waals surface area contributed by atoms with Crippen molar-refractivity contribution in [1.29, 1.82) is 0 Å². The molecule has 1 aliphatic heterocycles. The molecule has 1 fully saturated rings. The molecular formula is C14H31N5O. The molecule has 1 atom stereocenters. The number of rotatable bonds is 9. The summed E-state index contributed by atoms with van der Waals surface area (Å²) in [7, 11) is 0. The summed E-state index contributed by atoms with van der Waals surface area (Å²) in [5.74, 6) is 6.71. The lowest BCUT2D eigenvalue weighted by atomic mass is 10.2. The standard InChI is InChI=1S/C14H31N5O/c1-3-20-10-6-7-16-14(18-15)17-11-13(2)12-19-8-4-5-9-19/h13H,3-12,15H2,1-2H3,(H2,16,17,18). The van der Waals surface area contributed by atoms with Crippen molar-refractivity contribution in [1.82, 2.24) is 15.6 Å². The number of nitrogens with one attached hydrogen (secondary N) is 2. The number of hydrogen-bond acceptors (Lipinski definition) is 4. The number of ether oxygens (including phenoxy) is 1. The van der Waals surface area contributed by atoms with Crippen molar-refractivity contribution < 1.29 is 4.74 Å². The molecule has 4 N–H and O–H groups in total. The minimum Gasteiger partial charge on any atom is -0.382 e. The number of guanidine groups is 1. The molecular weight excluding hydrogens is 254 g/mol. The number of hydrogen-bond donors (Lipinski definition) is 3. The monoisotopic (exact) mass is 285 g/mol. The van der Waals surface area contributed by atoms with Gasteiger partial charge in [-0.2, -0.15) is 0 Å². The summed E-state index contributed by atoms with van der Waals surface area (Å²) < 4.78 is 5.28. The summed E-state index contributed by atoms with van der Waals surface area (Å²) in [4.78, 5) is 7.02. The third-order valence-electron chi connectivity index (χ3n) is 3.43. The minimum absolute atomic E-state index is 0.557. The second-order valence-corrected chi connectivity index (χ2v) is 5.42. The molecule has 1 rings (SSSR count). The molecule has 1 heterocycles.